The second-order valence-corrected chi connectivity index (χ2v) is 20.5. The monoisotopic (exact) mass is 858 g/mol. The normalized spacial score (nSPS) is 13.6. The van der Waals surface area contributed by atoms with Crippen LogP contribution in [0, 0.1) is 26.0 Å². The predicted octanol–water partition coefficient (Wildman–Crippen LogP) is 14.0. The van der Waals surface area contributed by atoms with Crippen molar-refractivity contribution in [2.75, 3.05) is 0 Å². The molecule has 0 nitrogen and oxygen atoms in total. The minimum atomic E-state index is -1.45. The van der Waals surface area contributed by atoms with E-state index in [-0.39, 0.29) is 10.8 Å². The predicted molar refractivity (Wildman–Crippen MR) is 217 cm³/mol. The Hall–Kier alpha value is -1.15. The average Bonchev–Trinajstić information content (AvgIpc) is 3.70. The summed E-state index contributed by atoms with van der Waals surface area (Å²) in [7, 11) is 0. The number of halogens is 6. The number of hydrogen-bond acceptors (Lipinski definition) is 0. The number of allylic oxidation sites excluding steroid dienone is 4. The van der Waals surface area contributed by atoms with Crippen molar-refractivity contribution in [1.29, 1.82) is 0 Å². The van der Waals surface area contributed by atoms with E-state index in [4.69, 9.17) is 69.6 Å². The first kappa shape index (κ1) is 41.6. The van der Waals surface area contributed by atoms with Crippen LogP contribution in [0.3, 0.4) is 0 Å². The fourth-order valence-electron chi connectivity index (χ4n) is 6.23. The molecule has 7 heteroatoms. The summed E-state index contributed by atoms with van der Waals surface area (Å²) in [5, 5.41) is 0. The second-order valence-electron chi connectivity index (χ2n) is 14.7. The quantitative estimate of drug-likeness (QED) is 0.123. The number of rotatable bonds is 2. The van der Waals surface area contributed by atoms with Gasteiger partial charge in [-0.05, 0) is 35.4 Å². The van der Waals surface area contributed by atoms with Crippen molar-refractivity contribution in [2.24, 2.45) is 0 Å². The molecule has 2 aliphatic carbocycles. The third-order valence-electron chi connectivity index (χ3n) is 8.62. The molecule has 0 saturated heterocycles. The van der Waals surface area contributed by atoms with Crippen LogP contribution in [0.5, 0.6) is 0 Å². The van der Waals surface area contributed by atoms with Crippen molar-refractivity contribution in [1.82, 2.24) is 0 Å². The maximum atomic E-state index is 5.94. The average molecular weight is 863 g/mol. The first-order chi connectivity index (χ1) is 23.1. The molecule has 0 fully saturated rings. The number of benzene rings is 4. The summed E-state index contributed by atoms with van der Waals surface area (Å²) in [6.07, 6.45) is 11.0. The molecule has 0 spiro atoms. The molecule has 0 N–H and O–H groups in total. The van der Waals surface area contributed by atoms with Gasteiger partial charge in [0, 0.05) is 0 Å². The summed E-state index contributed by atoms with van der Waals surface area (Å²) in [4.78, 5) is 0. The maximum Gasteiger partial charge on any atom is -0.109 e. The van der Waals surface area contributed by atoms with Gasteiger partial charge in [0.05, 0.1) is 0 Å². The minimum Gasteiger partial charge on any atom is -0.273 e. The van der Waals surface area contributed by atoms with E-state index < -0.39 is 7.59 Å². The van der Waals surface area contributed by atoms with Gasteiger partial charge in [-0.3, -0.25) is 6.08 Å². The van der Waals surface area contributed by atoms with E-state index in [1.54, 1.807) is 12.1 Å². The molecule has 4 aromatic rings. The Morgan fingerprint density at radius 3 is 1.62 bits per heavy atom. The topological polar surface area (TPSA) is 0 Å². The zero-order chi connectivity index (χ0) is 37.2. The smallest absolute Gasteiger partial charge is 0.109 e. The number of hydrogen-bond donors (Lipinski definition) is 0. The zero-order valence-electron chi connectivity index (χ0n) is 29.8. The second kappa shape index (κ2) is 16.5. The molecule has 0 radical (unpaired) electrons. The standard InChI is InChI=1S/C23H29.C15H8Cl6.C5H5.Zr/c1-14-9-16-11-17-10-15(2)21(23(6,7)8)13-19(17)18(16)12-20(14)22(3,4)5;16-14(17,18)12-5-1-3-10(8-12)7-11-4-2-6-13(9-11)15(19,20)21;1-2-4-5-3-1;/h9,12-13H,11H2,1-8H3;1-6,8-9H;1-3H,4H2;/q-1;;-1;+2. The van der Waals surface area contributed by atoms with Crippen LogP contribution in [0.25, 0.3) is 11.1 Å². The Labute approximate surface area is 344 Å². The van der Waals surface area contributed by atoms with Gasteiger partial charge in [-0.25, -0.2) is 12.2 Å². The van der Waals surface area contributed by atoms with Gasteiger partial charge in [0.15, 0.2) is 0 Å². The van der Waals surface area contributed by atoms with Gasteiger partial charge in [0.2, 0.25) is 0 Å². The Bertz CT molecular complexity index is 1790. The van der Waals surface area contributed by atoms with Crippen molar-refractivity contribution >= 4 is 72.8 Å². The van der Waals surface area contributed by atoms with Crippen molar-refractivity contribution in [3.63, 3.8) is 0 Å². The van der Waals surface area contributed by atoms with Crippen molar-refractivity contribution in [2.45, 2.75) is 86.6 Å². The molecule has 0 heterocycles. The molecular formula is C43H42Cl6Zr. The largest absolute Gasteiger partial charge is 0.273 e. The Balaban J connectivity index is 0.000000197. The van der Waals surface area contributed by atoms with Crippen LogP contribution < -0.4 is 0 Å². The number of aryl methyl sites for hydroxylation is 2. The fourth-order valence-corrected chi connectivity index (χ4v) is 7.70. The van der Waals surface area contributed by atoms with Crippen molar-refractivity contribution < 1.29 is 24.2 Å². The summed E-state index contributed by atoms with van der Waals surface area (Å²) in [5.41, 5.74) is 14.8. The van der Waals surface area contributed by atoms with E-state index in [2.05, 4.69) is 91.8 Å². The molecule has 0 aromatic heterocycles. The Morgan fingerprint density at radius 1 is 0.680 bits per heavy atom. The van der Waals surface area contributed by atoms with Crippen molar-refractivity contribution in [3.8, 4) is 11.1 Å². The molecule has 2 aliphatic rings. The van der Waals surface area contributed by atoms with Crippen LogP contribution >= 0.6 is 69.6 Å². The summed E-state index contributed by atoms with van der Waals surface area (Å²) in [6.45, 7) is 18.2. The van der Waals surface area contributed by atoms with Crippen molar-refractivity contribution in [3.05, 3.63) is 153 Å². The summed E-state index contributed by atoms with van der Waals surface area (Å²) in [5.74, 6) is 0. The van der Waals surface area contributed by atoms with E-state index in [0.29, 0.717) is 11.1 Å². The third-order valence-corrected chi connectivity index (χ3v) is 11.4. The zero-order valence-corrected chi connectivity index (χ0v) is 36.8. The molecule has 0 saturated carbocycles. The SMILES string of the molecule is Cc1[c-]c2c(cc1C(C)(C)C)-c1cc(C(C)(C)C)c(C)cc1C2.ClC(Cl)(Cl)c1cccc([C](=[Zr+2])c2cccc(C(Cl)(Cl)Cl)c2)c1.[C-]1=CC=CC1. The van der Waals surface area contributed by atoms with Gasteiger partial charge < -0.3 is 0 Å². The first-order valence-electron chi connectivity index (χ1n) is 16.4. The van der Waals surface area contributed by atoms with Gasteiger partial charge in [0.25, 0.3) is 0 Å². The van der Waals surface area contributed by atoms with Crippen LogP contribution in [0.15, 0.2) is 85.0 Å². The van der Waals surface area contributed by atoms with Crippen LogP contribution in [-0.4, -0.2) is 3.21 Å². The summed E-state index contributed by atoms with van der Waals surface area (Å²) < 4.78 is -1.82. The van der Waals surface area contributed by atoms with Crippen LogP contribution in [0.1, 0.15) is 104 Å². The van der Waals surface area contributed by atoms with E-state index in [1.165, 1.54) is 68.7 Å². The Kier molecular flexibility index (Phi) is 13.7. The molecule has 260 valence electrons. The summed E-state index contributed by atoms with van der Waals surface area (Å²) >= 11 is 36.9. The molecule has 50 heavy (non-hydrogen) atoms. The van der Waals surface area contributed by atoms with Crippen LogP contribution in [-0.2, 0) is 49.1 Å². The molecule has 0 atom stereocenters. The molecule has 4 aromatic carbocycles. The van der Waals surface area contributed by atoms with Crippen LogP contribution in [0.2, 0.25) is 0 Å². The molecule has 0 aliphatic heterocycles. The molecule has 0 bridgehead atoms. The number of fused-ring (bicyclic) bond motifs is 3. The van der Waals surface area contributed by atoms with E-state index in [1.807, 2.05) is 48.6 Å². The maximum absolute atomic E-state index is 5.94. The third kappa shape index (κ3) is 10.7. The van der Waals surface area contributed by atoms with Gasteiger partial charge in [0.1, 0.15) is 0 Å². The Morgan fingerprint density at radius 2 is 1.20 bits per heavy atom. The van der Waals surface area contributed by atoms with Crippen LogP contribution in [0.4, 0.5) is 0 Å². The molecular weight excluding hydrogens is 820 g/mol. The van der Waals surface area contributed by atoms with Gasteiger partial charge in [-0.1, -0.05) is 71.6 Å². The van der Waals surface area contributed by atoms with Gasteiger partial charge >= 0.3 is 175 Å². The number of alkyl halides is 6. The van der Waals surface area contributed by atoms with Gasteiger partial charge in [-0.15, -0.1) is 23.1 Å². The van der Waals surface area contributed by atoms with E-state index in [0.717, 1.165) is 27.2 Å². The van der Waals surface area contributed by atoms with E-state index >= 15 is 0 Å². The van der Waals surface area contributed by atoms with E-state index in [9.17, 15) is 0 Å². The fraction of sp³-hybridized carbons (Fsp3) is 0.326. The summed E-state index contributed by atoms with van der Waals surface area (Å²) in [6, 6.07) is 25.9. The molecule has 0 amide bonds. The molecule has 0 unspecified atom stereocenters. The van der Waals surface area contributed by atoms with Gasteiger partial charge in [-0.2, -0.15) is 23.8 Å². The molecule has 6 rings (SSSR count). The minimum absolute atomic E-state index is 0.163. The first-order valence-corrected chi connectivity index (χ1v) is 19.9.